The number of carbonyl (C=O) groups excluding carboxylic acids is 1. The summed E-state index contributed by atoms with van der Waals surface area (Å²) in [5.74, 6) is 0.0484. The van der Waals surface area contributed by atoms with Crippen molar-refractivity contribution in [2.75, 3.05) is 13.1 Å². The number of piperidine rings is 1. The van der Waals surface area contributed by atoms with Gasteiger partial charge in [-0.25, -0.2) is 0 Å². The molecule has 1 N–H and O–H groups in total. The third-order valence-corrected chi connectivity index (χ3v) is 5.11. The van der Waals surface area contributed by atoms with Crippen LogP contribution in [0.4, 0.5) is 0 Å². The monoisotopic (exact) mass is 365 g/mol. The average Bonchev–Trinajstić information content (AvgIpc) is 2.69. The van der Waals surface area contributed by atoms with Gasteiger partial charge in [-0.05, 0) is 67.9 Å². The quantitative estimate of drug-likeness (QED) is 0.705. The van der Waals surface area contributed by atoms with Crippen molar-refractivity contribution in [1.82, 2.24) is 14.5 Å². The molecule has 0 atom stereocenters. The maximum atomic E-state index is 12.8. The van der Waals surface area contributed by atoms with E-state index in [2.05, 4.69) is 4.98 Å². The van der Waals surface area contributed by atoms with Crippen LogP contribution in [0, 0.1) is 4.77 Å². The lowest BCUT2D eigenvalue weighted by Gasteiger charge is -2.26. The van der Waals surface area contributed by atoms with E-state index in [1.165, 1.54) is 11.0 Å². The summed E-state index contributed by atoms with van der Waals surface area (Å²) in [5.41, 5.74) is 1.84. The standard InChI is InChI=1S/C20H19N3O2S/c24-18(22-12-4-1-5-13-22)14-8-10-15(11-9-14)23-19(25)16-6-2-3-7-17(16)21-20(23)26/h2-3,6-11H,1,4-5,12-13H2,(H,21,26). The summed E-state index contributed by atoms with van der Waals surface area (Å²) < 4.78 is 1.80. The summed E-state index contributed by atoms with van der Waals surface area (Å²) in [6, 6.07) is 14.4. The number of nitrogens with zero attached hydrogens (tertiary/aromatic N) is 2. The number of amides is 1. The summed E-state index contributed by atoms with van der Waals surface area (Å²) in [6.07, 6.45) is 3.31. The van der Waals surface area contributed by atoms with Crippen LogP contribution in [0.5, 0.6) is 0 Å². The number of rotatable bonds is 2. The van der Waals surface area contributed by atoms with Gasteiger partial charge in [0.25, 0.3) is 11.5 Å². The maximum absolute atomic E-state index is 12.8. The number of fused-ring (bicyclic) bond motifs is 1. The molecule has 5 nitrogen and oxygen atoms in total. The summed E-state index contributed by atoms with van der Waals surface area (Å²) in [7, 11) is 0. The predicted octanol–water partition coefficient (Wildman–Crippen LogP) is 3.67. The Bertz CT molecular complexity index is 1080. The minimum absolute atomic E-state index is 0.0484. The van der Waals surface area contributed by atoms with Gasteiger partial charge in [-0.2, -0.15) is 0 Å². The van der Waals surface area contributed by atoms with Crippen molar-refractivity contribution in [3.63, 3.8) is 0 Å². The maximum Gasteiger partial charge on any atom is 0.266 e. The van der Waals surface area contributed by atoms with Crippen LogP contribution in [0.25, 0.3) is 16.6 Å². The third-order valence-electron chi connectivity index (χ3n) is 4.82. The van der Waals surface area contributed by atoms with Crippen LogP contribution < -0.4 is 5.56 Å². The molecular weight excluding hydrogens is 346 g/mol. The second kappa shape index (κ2) is 6.88. The van der Waals surface area contributed by atoms with Gasteiger partial charge in [0.1, 0.15) is 0 Å². The van der Waals surface area contributed by atoms with E-state index < -0.39 is 0 Å². The molecule has 1 amide bonds. The highest BCUT2D eigenvalue weighted by Crippen LogP contribution is 2.16. The topological polar surface area (TPSA) is 58.1 Å². The Hall–Kier alpha value is -2.73. The van der Waals surface area contributed by atoms with Gasteiger partial charge in [0.2, 0.25) is 0 Å². The van der Waals surface area contributed by atoms with Crippen LogP contribution >= 0.6 is 12.2 Å². The van der Waals surface area contributed by atoms with Crippen molar-refractivity contribution < 1.29 is 4.79 Å². The smallest absolute Gasteiger partial charge is 0.266 e. The van der Waals surface area contributed by atoms with Crippen molar-refractivity contribution in [3.05, 3.63) is 69.2 Å². The summed E-state index contributed by atoms with van der Waals surface area (Å²) >= 11 is 5.37. The Balaban J connectivity index is 1.71. The van der Waals surface area contributed by atoms with Crippen LogP contribution in [0.2, 0.25) is 0 Å². The number of aromatic amines is 1. The van der Waals surface area contributed by atoms with Gasteiger partial charge in [0.05, 0.1) is 16.6 Å². The first-order valence-electron chi connectivity index (χ1n) is 8.79. The number of para-hydroxylation sites is 1. The van der Waals surface area contributed by atoms with E-state index in [1.54, 1.807) is 30.3 Å². The average molecular weight is 365 g/mol. The molecule has 1 saturated heterocycles. The number of nitrogens with one attached hydrogen (secondary N) is 1. The zero-order valence-electron chi connectivity index (χ0n) is 14.3. The molecule has 2 heterocycles. The lowest BCUT2D eigenvalue weighted by Crippen LogP contribution is -2.35. The van der Waals surface area contributed by atoms with Gasteiger partial charge in [-0.3, -0.25) is 14.2 Å². The van der Waals surface area contributed by atoms with Gasteiger partial charge >= 0.3 is 0 Å². The Morgan fingerprint density at radius 2 is 1.65 bits per heavy atom. The number of hydrogen-bond donors (Lipinski definition) is 1. The Kier molecular flexibility index (Phi) is 4.42. The number of hydrogen-bond acceptors (Lipinski definition) is 3. The number of carbonyl (C=O) groups is 1. The Morgan fingerprint density at radius 3 is 2.38 bits per heavy atom. The predicted molar refractivity (Wildman–Crippen MR) is 104 cm³/mol. The molecule has 2 aromatic carbocycles. The van der Waals surface area contributed by atoms with Gasteiger partial charge in [-0.15, -0.1) is 0 Å². The molecular formula is C20H19N3O2S. The largest absolute Gasteiger partial charge is 0.339 e. The highest BCUT2D eigenvalue weighted by atomic mass is 32.1. The second-order valence-corrected chi connectivity index (χ2v) is 6.90. The molecule has 0 unspecified atom stereocenters. The molecule has 1 fully saturated rings. The number of H-pyrrole nitrogens is 1. The first-order valence-corrected chi connectivity index (χ1v) is 9.20. The van der Waals surface area contributed by atoms with Crippen molar-refractivity contribution in [2.24, 2.45) is 0 Å². The summed E-state index contributed by atoms with van der Waals surface area (Å²) in [4.78, 5) is 30.4. The lowest BCUT2D eigenvalue weighted by molar-refractivity contribution is 0.0724. The Labute approximate surface area is 155 Å². The molecule has 0 bridgehead atoms. The van der Waals surface area contributed by atoms with Crippen LogP contribution in [0.15, 0.2) is 53.3 Å². The van der Waals surface area contributed by atoms with E-state index in [0.717, 1.165) is 31.4 Å². The molecule has 0 aliphatic carbocycles. The Morgan fingerprint density at radius 1 is 0.962 bits per heavy atom. The molecule has 1 aromatic heterocycles. The molecule has 6 heteroatoms. The third kappa shape index (κ3) is 2.97. The SMILES string of the molecule is O=C(c1ccc(-n2c(=S)[nH]c3ccccc3c2=O)cc1)N1CCCCC1. The van der Waals surface area contributed by atoms with E-state index in [-0.39, 0.29) is 11.5 Å². The zero-order chi connectivity index (χ0) is 18.1. The molecule has 1 aliphatic rings. The molecule has 26 heavy (non-hydrogen) atoms. The summed E-state index contributed by atoms with van der Waals surface area (Å²) in [5, 5.41) is 0.578. The first-order chi connectivity index (χ1) is 12.6. The number of aromatic nitrogens is 2. The van der Waals surface area contributed by atoms with Crippen molar-refractivity contribution >= 4 is 29.0 Å². The van der Waals surface area contributed by atoms with Crippen LogP contribution in [0.3, 0.4) is 0 Å². The van der Waals surface area contributed by atoms with E-state index in [9.17, 15) is 9.59 Å². The van der Waals surface area contributed by atoms with E-state index >= 15 is 0 Å². The fraction of sp³-hybridized carbons (Fsp3) is 0.250. The normalized spacial score (nSPS) is 14.5. The lowest BCUT2D eigenvalue weighted by atomic mass is 10.1. The molecule has 4 rings (SSSR count). The molecule has 0 saturated carbocycles. The second-order valence-electron chi connectivity index (χ2n) is 6.52. The summed E-state index contributed by atoms with van der Waals surface area (Å²) in [6.45, 7) is 1.63. The molecule has 132 valence electrons. The fourth-order valence-corrected chi connectivity index (χ4v) is 3.73. The van der Waals surface area contributed by atoms with Crippen LogP contribution in [0.1, 0.15) is 29.6 Å². The molecule has 0 radical (unpaired) electrons. The van der Waals surface area contributed by atoms with Gasteiger partial charge in [0, 0.05) is 18.7 Å². The minimum atomic E-state index is -0.167. The van der Waals surface area contributed by atoms with Gasteiger partial charge in [0.15, 0.2) is 4.77 Å². The number of benzene rings is 2. The van der Waals surface area contributed by atoms with Crippen molar-refractivity contribution in [3.8, 4) is 5.69 Å². The first kappa shape index (κ1) is 16.7. The van der Waals surface area contributed by atoms with E-state index in [0.29, 0.717) is 21.4 Å². The minimum Gasteiger partial charge on any atom is -0.339 e. The fourth-order valence-electron chi connectivity index (χ4n) is 3.43. The molecule has 1 aliphatic heterocycles. The van der Waals surface area contributed by atoms with Gasteiger partial charge in [-0.1, -0.05) is 12.1 Å². The highest BCUT2D eigenvalue weighted by molar-refractivity contribution is 7.71. The van der Waals surface area contributed by atoms with E-state index in [1.807, 2.05) is 23.1 Å². The molecule has 3 aromatic rings. The van der Waals surface area contributed by atoms with Crippen molar-refractivity contribution in [2.45, 2.75) is 19.3 Å². The highest BCUT2D eigenvalue weighted by Gasteiger charge is 2.18. The van der Waals surface area contributed by atoms with Gasteiger partial charge < -0.3 is 9.88 Å². The number of likely N-dealkylation sites (tertiary alicyclic amines) is 1. The molecule has 0 spiro atoms. The van der Waals surface area contributed by atoms with Crippen LogP contribution in [-0.2, 0) is 0 Å². The van der Waals surface area contributed by atoms with Crippen molar-refractivity contribution in [1.29, 1.82) is 0 Å². The zero-order valence-corrected chi connectivity index (χ0v) is 15.1. The van der Waals surface area contributed by atoms with E-state index in [4.69, 9.17) is 12.2 Å². The van der Waals surface area contributed by atoms with Crippen LogP contribution in [-0.4, -0.2) is 33.4 Å².